The van der Waals surface area contributed by atoms with Gasteiger partial charge in [-0.3, -0.25) is 4.90 Å². The Morgan fingerprint density at radius 2 is 2.10 bits per heavy atom. The number of aromatic nitrogens is 4. The third kappa shape index (κ3) is 3.72. The lowest BCUT2D eigenvalue weighted by atomic mass is 9.70. The summed E-state index contributed by atoms with van der Waals surface area (Å²) in [4.78, 5) is 2.56. The highest BCUT2D eigenvalue weighted by atomic mass is 32.1. The maximum atomic E-state index is 10.6. The zero-order valence-corrected chi connectivity index (χ0v) is 19.3. The van der Waals surface area contributed by atoms with Crippen LogP contribution in [0.15, 0.2) is 30.5 Å². The van der Waals surface area contributed by atoms with E-state index < -0.39 is 0 Å². The van der Waals surface area contributed by atoms with Crippen molar-refractivity contribution in [3.63, 3.8) is 0 Å². The molecule has 5 rings (SSSR count). The minimum absolute atomic E-state index is 0.147. The molecule has 2 aromatic heterocycles. The Morgan fingerprint density at radius 1 is 1.26 bits per heavy atom. The topological polar surface area (TPSA) is 76.3 Å². The fraction of sp³-hybridized carbons (Fsp3) is 0.522. The summed E-state index contributed by atoms with van der Waals surface area (Å²) in [5, 5.41) is 24.8. The molecule has 4 heterocycles. The molecule has 164 valence electrons. The molecular weight excluding hydrogens is 410 g/mol. The molecule has 2 aliphatic rings. The van der Waals surface area contributed by atoms with Crippen molar-refractivity contribution in [2.24, 2.45) is 5.92 Å². The summed E-state index contributed by atoms with van der Waals surface area (Å²) in [7, 11) is 2.26. The smallest absolute Gasteiger partial charge is 0.294 e. The monoisotopic (exact) mass is 439 g/mol. The number of rotatable bonds is 4. The summed E-state index contributed by atoms with van der Waals surface area (Å²) in [5.41, 5.74) is 2.57. The number of phenols is 1. The lowest BCUT2D eigenvalue weighted by molar-refractivity contribution is -0.0769. The van der Waals surface area contributed by atoms with Crippen molar-refractivity contribution in [2.75, 3.05) is 7.05 Å². The van der Waals surface area contributed by atoms with Crippen LogP contribution >= 0.6 is 11.3 Å². The van der Waals surface area contributed by atoms with Gasteiger partial charge >= 0.3 is 0 Å². The first kappa shape index (κ1) is 20.5. The Kier molecular flexibility index (Phi) is 5.01. The Hall–Kier alpha value is -2.45. The SMILES string of the molecule is Cc1ccn(-c2ccc(-c3nnc(OC4CC5C(C)CCC(C)(C4)N5C)s3)c(O)c2)n1. The molecule has 4 atom stereocenters. The second-order valence-electron chi connectivity index (χ2n) is 9.35. The van der Waals surface area contributed by atoms with Gasteiger partial charge in [0.1, 0.15) is 11.9 Å². The lowest BCUT2D eigenvalue weighted by Crippen LogP contribution is -2.62. The number of aryl methyl sites for hydroxylation is 1. The van der Waals surface area contributed by atoms with Crippen molar-refractivity contribution in [3.05, 3.63) is 36.2 Å². The molecule has 0 amide bonds. The summed E-state index contributed by atoms with van der Waals surface area (Å²) in [5.74, 6) is 0.840. The van der Waals surface area contributed by atoms with Crippen molar-refractivity contribution < 1.29 is 9.84 Å². The number of hydrogen-bond donors (Lipinski definition) is 1. The van der Waals surface area contributed by atoms with Gasteiger partial charge in [-0.1, -0.05) is 23.4 Å². The molecule has 0 aliphatic carbocycles. The van der Waals surface area contributed by atoms with Crippen LogP contribution in [-0.4, -0.2) is 54.7 Å². The van der Waals surface area contributed by atoms with Crippen molar-refractivity contribution >= 4 is 11.3 Å². The zero-order valence-electron chi connectivity index (χ0n) is 18.4. The average molecular weight is 440 g/mol. The molecule has 0 spiro atoms. The number of ether oxygens (including phenoxy) is 1. The van der Waals surface area contributed by atoms with Crippen LogP contribution < -0.4 is 4.74 Å². The summed E-state index contributed by atoms with van der Waals surface area (Å²) < 4.78 is 8.06. The van der Waals surface area contributed by atoms with E-state index in [2.05, 4.69) is 41.1 Å². The Balaban J connectivity index is 1.33. The Bertz CT molecular complexity index is 1100. The van der Waals surface area contributed by atoms with Crippen molar-refractivity contribution in [3.8, 4) is 27.2 Å². The van der Waals surface area contributed by atoms with Gasteiger partial charge in [0, 0.05) is 36.7 Å². The number of phenolic OH excluding ortho intramolecular Hbond substituents is 1. The van der Waals surface area contributed by atoms with Gasteiger partial charge in [0.2, 0.25) is 0 Å². The predicted octanol–water partition coefficient (Wildman–Crippen LogP) is 4.44. The van der Waals surface area contributed by atoms with Gasteiger partial charge in [0.15, 0.2) is 5.01 Å². The Morgan fingerprint density at radius 3 is 2.84 bits per heavy atom. The molecular formula is C23H29N5O2S. The van der Waals surface area contributed by atoms with Crippen molar-refractivity contribution in [1.29, 1.82) is 0 Å². The van der Waals surface area contributed by atoms with Crippen molar-refractivity contribution in [1.82, 2.24) is 24.9 Å². The number of hydrogen-bond acceptors (Lipinski definition) is 7. The predicted molar refractivity (Wildman–Crippen MR) is 121 cm³/mol. The molecule has 3 aromatic rings. The van der Waals surface area contributed by atoms with Gasteiger partial charge in [0.05, 0.1) is 16.9 Å². The van der Waals surface area contributed by atoms with E-state index in [1.165, 1.54) is 24.2 Å². The standard InChI is InChI=1S/C23H29N5O2S/c1-14-7-9-23(3)13-17(12-19(14)27(23)4)30-22-25-24-21(31-22)18-6-5-16(11-20(18)29)28-10-8-15(2)26-28/h5-6,8,10-11,14,17,19,29H,7,9,12-13H2,1-4H3. The molecule has 4 unspecified atom stereocenters. The fourth-order valence-corrected chi connectivity index (χ4v) is 5.97. The van der Waals surface area contributed by atoms with E-state index in [-0.39, 0.29) is 17.4 Å². The van der Waals surface area contributed by atoms with Gasteiger partial charge in [-0.25, -0.2) is 4.68 Å². The number of benzene rings is 1. The van der Waals surface area contributed by atoms with Crippen LogP contribution in [0.1, 0.15) is 45.2 Å². The minimum Gasteiger partial charge on any atom is -0.507 e. The van der Waals surface area contributed by atoms with Gasteiger partial charge in [-0.2, -0.15) is 5.10 Å². The van der Waals surface area contributed by atoms with Gasteiger partial charge in [-0.15, -0.1) is 5.10 Å². The van der Waals surface area contributed by atoms with E-state index in [1.54, 1.807) is 10.7 Å². The van der Waals surface area contributed by atoms with Gasteiger partial charge in [0.25, 0.3) is 5.19 Å². The lowest BCUT2D eigenvalue weighted by Gasteiger charge is -2.56. The molecule has 2 fully saturated rings. The highest BCUT2D eigenvalue weighted by molar-refractivity contribution is 7.16. The van der Waals surface area contributed by atoms with E-state index in [4.69, 9.17) is 4.74 Å². The third-order valence-corrected chi connectivity index (χ3v) is 8.04. The van der Waals surface area contributed by atoms with E-state index in [1.807, 2.05) is 31.3 Å². The number of aromatic hydroxyl groups is 1. The molecule has 31 heavy (non-hydrogen) atoms. The quantitative estimate of drug-likeness (QED) is 0.648. The molecule has 2 bridgehead atoms. The van der Waals surface area contributed by atoms with E-state index in [0.717, 1.165) is 24.2 Å². The molecule has 0 saturated carbocycles. The van der Waals surface area contributed by atoms with Crippen molar-refractivity contribution in [2.45, 2.75) is 64.1 Å². The summed E-state index contributed by atoms with van der Waals surface area (Å²) >= 11 is 1.39. The molecule has 2 aliphatic heterocycles. The molecule has 1 aromatic carbocycles. The minimum atomic E-state index is 0.147. The maximum absolute atomic E-state index is 10.6. The highest BCUT2D eigenvalue weighted by Gasteiger charge is 2.47. The van der Waals surface area contributed by atoms with Crippen LogP contribution in [0.5, 0.6) is 10.9 Å². The third-order valence-electron chi connectivity index (χ3n) is 7.19. The van der Waals surface area contributed by atoms with E-state index >= 15 is 0 Å². The first-order valence-electron chi connectivity index (χ1n) is 10.9. The van der Waals surface area contributed by atoms with Crippen LogP contribution in [-0.2, 0) is 0 Å². The van der Waals surface area contributed by atoms with Crippen LogP contribution in [0.3, 0.4) is 0 Å². The van der Waals surface area contributed by atoms with E-state index in [9.17, 15) is 5.11 Å². The first-order valence-corrected chi connectivity index (χ1v) is 11.7. The normalized spacial score (nSPS) is 28.6. The summed E-state index contributed by atoms with van der Waals surface area (Å²) in [6.45, 7) is 6.64. The second-order valence-corrected chi connectivity index (χ2v) is 10.3. The summed E-state index contributed by atoms with van der Waals surface area (Å²) in [6.07, 6.45) is 6.54. The second kappa shape index (κ2) is 7.60. The highest BCUT2D eigenvalue weighted by Crippen LogP contribution is 2.44. The average Bonchev–Trinajstić information content (AvgIpc) is 3.36. The number of piperidine rings is 2. The van der Waals surface area contributed by atoms with Crippen LogP contribution in [0, 0.1) is 12.8 Å². The number of nitrogens with zero attached hydrogens (tertiary/aromatic N) is 5. The zero-order chi connectivity index (χ0) is 21.8. The van der Waals surface area contributed by atoms with Gasteiger partial charge < -0.3 is 9.84 Å². The summed E-state index contributed by atoms with van der Waals surface area (Å²) in [6, 6.07) is 7.95. The largest absolute Gasteiger partial charge is 0.507 e. The van der Waals surface area contributed by atoms with Crippen LogP contribution in [0.2, 0.25) is 0 Å². The molecule has 1 N–H and O–H groups in total. The molecule has 8 heteroatoms. The first-order chi connectivity index (χ1) is 14.8. The molecule has 7 nitrogen and oxygen atoms in total. The molecule has 0 radical (unpaired) electrons. The van der Waals surface area contributed by atoms with Crippen LogP contribution in [0.4, 0.5) is 0 Å². The molecule has 2 saturated heterocycles. The maximum Gasteiger partial charge on any atom is 0.294 e. The fourth-order valence-electron chi connectivity index (χ4n) is 5.17. The van der Waals surface area contributed by atoms with Gasteiger partial charge in [-0.05, 0) is 57.9 Å². The number of fused-ring (bicyclic) bond motifs is 2. The van der Waals surface area contributed by atoms with E-state index in [0.29, 0.717) is 27.7 Å². The van der Waals surface area contributed by atoms with Crippen LogP contribution in [0.25, 0.3) is 16.3 Å². The Labute approximate surface area is 186 Å².